The van der Waals surface area contributed by atoms with E-state index in [1.165, 1.54) is 59.9 Å². The SMILES string of the molecule is Cc1cc2cc3cc(/C=C/c4cc5cc6cc(C)sc6cc5s4)sc3cc2s1. The minimum Gasteiger partial charge on any atom is -0.141 e. The molecule has 4 aromatic heterocycles. The van der Waals surface area contributed by atoms with Gasteiger partial charge in [0.05, 0.1) is 0 Å². The fraction of sp³-hybridized carbons (Fsp3) is 0.0833. The minimum atomic E-state index is 1.32. The second-order valence-corrected chi connectivity index (χ2v) is 12.0. The molecular weight excluding hydrogens is 417 g/mol. The maximum absolute atomic E-state index is 2.35. The van der Waals surface area contributed by atoms with Crippen molar-refractivity contribution in [1.82, 2.24) is 0 Å². The average Bonchev–Trinajstić information content (AvgIpc) is 3.38. The fourth-order valence-corrected chi connectivity index (χ4v) is 7.80. The van der Waals surface area contributed by atoms with E-state index in [4.69, 9.17) is 0 Å². The Hall–Kier alpha value is -1.98. The molecule has 0 radical (unpaired) electrons. The van der Waals surface area contributed by atoms with E-state index in [0.717, 1.165) is 0 Å². The van der Waals surface area contributed by atoms with Crippen molar-refractivity contribution in [3.05, 3.63) is 68.0 Å². The van der Waals surface area contributed by atoms with Crippen molar-refractivity contribution in [2.45, 2.75) is 13.8 Å². The van der Waals surface area contributed by atoms with Crippen LogP contribution in [0.15, 0.2) is 48.5 Å². The third-order valence-corrected chi connectivity index (χ3v) is 9.16. The maximum atomic E-state index is 2.35. The van der Waals surface area contributed by atoms with E-state index in [2.05, 4.69) is 74.5 Å². The standard InChI is InChI=1S/C24H16S4/c1-13-5-15-7-17-9-19(27-23(17)11-21(15)25-13)3-4-20-10-18-8-16-6-14(2)26-22(16)12-24(18)28-20/h3-12H,1-2H3/b4-3+. The molecule has 0 nitrogen and oxygen atoms in total. The van der Waals surface area contributed by atoms with Crippen LogP contribution in [0, 0.1) is 13.8 Å². The quantitative estimate of drug-likeness (QED) is 0.256. The Morgan fingerprint density at radius 3 is 1.32 bits per heavy atom. The molecule has 0 fully saturated rings. The van der Waals surface area contributed by atoms with Gasteiger partial charge < -0.3 is 0 Å². The van der Waals surface area contributed by atoms with Crippen molar-refractivity contribution >= 4 is 97.8 Å². The second kappa shape index (κ2) is 6.26. The van der Waals surface area contributed by atoms with Crippen LogP contribution in [0.25, 0.3) is 52.5 Å². The van der Waals surface area contributed by atoms with Crippen molar-refractivity contribution in [2.24, 2.45) is 0 Å². The average molecular weight is 433 g/mol. The largest absolute Gasteiger partial charge is 0.141 e. The van der Waals surface area contributed by atoms with Crippen molar-refractivity contribution < 1.29 is 0 Å². The molecule has 0 saturated heterocycles. The molecule has 0 aliphatic carbocycles. The molecule has 0 N–H and O–H groups in total. The Balaban J connectivity index is 1.37. The van der Waals surface area contributed by atoms with Crippen molar-refractivity contribution in [3.63, 3.8) is 0 Å². The van der Waals surface area contributed by atoms with Gasteiger partial charge in [-0.3, -0.25) is 0 Å². The van der Waals surface area contributed by atoms with E-state index in [0.29, 0.717) is 0 Å². The van der Waals surface area contributed by atoms with Crippen LogP contribution in [0.5, 0.6) is 0 Å². The molecule has 6 aromatic rings. The number of hydrogen-bond donors (Lipinski definition) is 0. The summed E-state index contributed by atoms with van der Waals surface area (Å²) in [6, 6.07) is 18.6. The summed E-state index contributed by atoms with van der Waals surface area (Å²) >= 11 is 7.52. The molecule has 0 unspecified atom stereocenters. The van der Waals surface area contributed by atoms with Gasteiger partial charge in [-0.1, -0.05) is 0 Å². The number of thiophene rings is 4. The minimum absolute atomic E-state index is 1.32. The van der Waals surface area contributed by atoms with Crippen molar-refractivity contribution in [2.75, 3.05) is 0 Å². The molecule has 28 heavy (non-hydrogen) atoms. The normalized spacial score (nSPS) is 12.5. The lowest BCUT2D eigenvalue weighted by atomic mass is 10.2. The first-order valence-electron chi connectivity index (χ1n) is 9.16. The Kier molecular flexibility index (Phi) is 3.78. The molecule has 0 aliphatic heterocycles. The predicted molar refractivity (Wildman–Crippen MR) is 133 cm³/mol. The third kappa shape index (κ3) is 2.83. The van der Waals surface area contributed by atoms with E-state index >= 15 is 0 Å². The van der Waals surface area contributed by atoms with Gasteiger partial charge in [-0.2, -0.15) is 0 Å². The number of benzene rings is 2. The first kappa shape index (κ1) is 16.9. The predicted octanol–water partition coefficient (Wildman–Crippen LogP) is 9.33. The summed E-state index contributed by atoms with van der Waals surface area (Å²) in [6.45, 7) is 4.37. The third-order valence-electron chi connectivity index (χ3n) is 5.01. The zero-order chi connectivity index (χ0) is 18.8. The number of fused-ring (bicyclic) bond motifs is 4. The lowest BCUT2D eigenvalue weighted by Crippen LogP contribution is -1.63. The van der Waals surface area contributed by atoms with E-state index in [9.17, 15) is 0 Å². The number of hydrogen-bond acceptors (Lipinski definition) is 4. The molecule has 0 bridgehead atoms. The van der Waals surface area contributed by atoms with Crippen molar-refractivity contribution in [3.8, 4) is 0 Å². The van der Waals surface area contributed by atoms with Crippen LogP contribution < -0.4 is 0 Å². The molecule has 0 spiro atoms. The van der Waals surface area contributed by atoms with Crippen LogP contribution >= 0.6 is 45.3 Å². The summed E-state index contributed by atoms with van der Waals surface area (Å²) in [5.74, 6) is 0. The van der Waals surface area contributed by atoms with Crippen LogP contribution in [0.4, 0.5) is 0 Å². The molecule has 0 aliphatic rings. The van der Waals surface area contributed by atoms with Crippen LogP contribution in [0.2, 0.25) is 0 Å². The molecule has 0 amide bonds. The highest BCUT2D eigenvalue weighted by Gasteiger charge is 2.07. The monoisotopic (exact) mass is 432 g/mol. The maximum Gasteiger partial charge on any atom is 0.0363 e. The Bertz CT molecular complexity index is 1310. The molecule has 6 rings (SSSR count). The van der Waals surface area contributed by atoms with E-state index in [-0.39, 0.29) is 0 Å². The molecule has 4 heteroatoms. The Morgan fingerprint density at radius 2 is 0.857 bits per heavy atom. The van der Waals surface area contributed by atoms with Crippen LogP contribution in [-0.4, -0.2) is 0 Å². The highest BCUT2D eigenvalue weighted by atomic mass is 32.1. The highest BCUT2D eigenvalue weighted by Crippen LogP contribution is 2.36. The second-order valence-electron chi connectivity index (χ2n) is 7.20. The van der Waals surface area contributed by atoms with E-state index in [1.807, 2.05) is 45.3 Å². The van der Waals surface area contributed by atoms with Crippen molar-refractivity contribution in [1.29, 1.82) is 0 Å². The zero-order valence-corrected chi connectivity index (χ0v) is 18.7. The molecule has 0 saturated carbocycles. The van der Waals surface area contributed by atoms with Gasteiger partial charge in [0.25, 0.3) is 0 Å². The summed E-state index contributed by atoms with van der Waals surface area (Å²) in [6.07, 6.45) is 4.53. The molecular formula is C24H16S4. The highest BCUT2D eigenvalue weighted by molar-refractivity contribution is 7.22. The molecule has 0 atom stereocenters. The van der Waals surface area contributed by atoms with Gasteiger partial charge in [-0.05, 0) is 96.1 Å². The van der Waals surface area contributed by atoms with Gasteiger partial charge in [0.2, 0.25) is 0 Å². The van der Waals surface area contributed by atoms with E-state index in [1.54, 1.807) is 0 Å². The summed E-state index contributed by atoms with van der Waals surface area (Å²) < 4.78 is 5.53. The van der Waals surface area contributed by atoms with Gasteiger partial charge in [0, 0.05) is 38.3 Å². The first-order chi connectivity index (χ1) is 13.6. The lowest BCUT2D eigenvalue weighted by Gasteiger charge is -1.89. The fourth-order valence-electron chi connectivity index (χ4n) is 3.79. The smallest absolute Gasteiger partial charge is 0.0363 e. The number of rotatable bonds is 2. The summed E-state index contributed by atoms with van der Waals surface area (Å²) in [5, 5.41) is 5.43. The molecule has 2 aromatic carbocycles. The van der Waals surface area contributed by atoms with Crippen LogP contribution in [0.3, 0.4) is 0 Å². The number of aryl methyl sites for hydroxylation is 2. The van der Waals surface area contributed by atoms with Crippen LogP contribution in [0.1, 0.15) is 19.5 Å². The Labute approximate surface area is 179 Å². The van der Waals surface area contributed by atoms with Gasteiger partial charge in [-0.15, -0.1) is 45.3 Å². The van der Waals surface area contributed by atoms with Gasteiger partial charge in [0.1, 0.15) is 0 Å². The van der Waals surface area contributed by atoms with Gasteiger partial charge >= 0.3 is 0 Å². The zero-order valence-electron chi connectivity index (χ0n) is 15.4. The summed E-state index contributed by atoms with van der Waals surface area (Å²) in [5.41, 5.74) is 0. The molecule has 136 valence electrons. The molecule has 4 heterocycles. The van der Waals surface area contributed by atoms with Crippen LogP contribution in [-0.2, 0) is 0 Å². The summed E-state index contributed by atoms with van der Waals surface area (Å²) in [7, 11) is 0. The summed E-state index contributed by atoms with van der Waals surface area (Å²) in [4.78, 5) is 5.40. The van der Waals surface area contributed by atoms with Gasteiger partial charge in [-0.25, -0.2) is 0 Å². The van der Waals surface area contributed by atoms with Gasteiger partial charge in [0.15, 0.2) is 0 Å². The Morgan fingerprint density at radius 1 is 0.464 bits per heavy atom. The van der Waals surface area contributed by atoms with E-state index < -0.39 is 0 Å². The first-order valence-corrected chi connectivity index (χ1v) is 12.4. The lowest BCUT2D eigenvalue weighted by molar-refractivity contribution is 1.66. The topological polar surface area (TPSA) is 0 Å².